The first-order valence-corrected chi connectivity index (χ1v) is 7.52. The van der Waals surface area contributed by atoms with Crippen molar-refractivity contribution < 1.29 is 4.79 Å². The van der Waals surface area contributed by atoms with E-state index >= 15 is 0 Å². The fourth-order valence-electron chi connectivity index (χ4n) is 2.62. The molecule has 0 N–H and O–H groups in total. The minimum atomic E-state index is -0.596. The first-order valence-electron chi connectivity index (χ1n) is 7.08. The van der Waals surface area contributed by atoms with Gasteiger partial charge >= 0.3 is 0 Å². The van der Waals surface area contributed by atoms with Crippen LogP contribution in [0.5, 0.6) is 0 Å². The molecule has 1 aromatic heterocycles. The first-order chi connectivity index (χ1) is 9.13. The number of nitrogens with zero attached hydrogens (tertiary/aromatic N) is 3. The first kappa shape index (κ1) is 14.4. The molecule has 1 unspecified atom stereocenters. The molecule has 106 valence electrons. The summed E-state index contributed by atoms with van der Waals surface area (Å²) in [6.45, 7) is 3.71. The smallest absolute Gasteiger partial charge is 0.245 e. The lowest BCUT2D eigenvalue weighted by atomic mass is 10.1. The van der Waals surface area contributed by atoms with Crippen LogP contribution in [-0.2, 0) is 18.3 Å². The Bertz CT molecular complexity index is 436. The molecule has 0 aromatic carbocycles. The van der Waals surface area contributed by atoms with Crippen LogP contribution in [-0.4, -0.2) is 33.7 Å². The number of likely N-dealkylation sites (tertiary alicyclic amines) is 1. The predicted octanol–water partition coefficient (Wildman–Crippen LogP) is 2.67. The highest BCUT2D eigenvalue weighted by Gasteiger charge is 2.27. The molecule has 0 saturated carbocycles. The molecule has 1 amide bonds. The molecule has 2 rings (SSSR count). The molecule has 0 spiro atoms. The molecule has 4 nitrogen and oxygen atoms in total. The third-order valence-electron chi connectivity index (χ3n) is 3.68. The highest BCUT2D eigenvalue weighted by atomic mass is 35.5. The van der Waals surface area contributed by atoms with Crippen molar-refractivity contribution in [2.45, 2.75) is 44.4 Å². The summed E-state index contributed by atoms with van der Waals surface area (Å²) >= 11 is 6.40. The van der Waals surface area contributed by atoms with E-state index < -0.39 is 5.38 Å². The van der Waals surface area contributed by atoms with E-state index in [1.807, 2.05) is 25.1 Å². The molecule has 5 heteroatoms. The van der Waals surface area contributed by atoms with Gasteiger partial charge in [-0.3, -0.25) is 9.48 Å². The molecule has 0 bridgehead atoms. The number of aromatic nitrogens is 2. The van der Waals surface area contributed by atoms with E-state index in [2.05, 4.69) is 5.10 Å². The fraction of sp³-hybridized carbons (Fsp3) is 0.714. The number of carbonyl (C=O) groups excluding carboxylic acids is 1. The van der Waals surface area contributed by atoms with E-state index in [0.29, 0.717) is 0 Å². The van der Waals surface area contributed by atoms with Crippen LogP contribution in [0, 0.1) is 0 Å². The second-order valence-corrected chi connectivity index (χ2v) is 5.60. The van der Waals surface area contributed by atoms with Crippen molar-refractivity contribution >= 4 is 17.5 Å². The summed E-state index contributed by atoms with van der Waals surface area (Å²) in [5.41, 5.74) is 1.78. The maximum absolute atomic E-state index is 12.5. The molecular weight excluding hydrogens is 262 g/mol. The zero-order valence-corrected chi connectivity index (χ0v) is 12.5. The zero-order chi connectivity index (χ0) is 13.8. The second-order valence-electron chi connectivity index (χ2n) is 5.16. The number of alkyl halides is 1. The Morgan fingerprint density at radius 2 is 2.00 bits per heavy atom. The Morgan fingerprint density at radius 3 is 2.58 bits per heavy atom. The molecule has 1 fully saturated rings. The number of halogens is 1. The van der Waals surface area contributed by atoms with Gasteiger partial charge in [-0.1, -0.05) is 19.8 Å². The normalized spacial score (nSPS) is 18.2. The zero-order valence-electron chi connectivity index (χ0n) is 11.7. The van der Waals surface area contributed by atoms with E-state index in [1.165, 1.54) is 12.8 Å². The maximum Gasteiger partial charge on any atom is 0.245 e. The van der Waals surface area contributed by atoms with Crippen molar-refractivity contribution in [1.82, 2.24) is 14.7 Å². The van der Waals surface area contributed by atoms with Crippen molar-refractivity contribution in [3.05, 3.63) is 17.5 Å². The Labute approximate surface area is 119 Å². The van der Waals surface area contributed by atoms with E-state index in [4.69, 9.17) is 11.6 Å². The van der Waals surface area contributed by atoms with Gasteiger partial charge in [-0.25, -0.2) is 0 Å². The number of hydrogen-bond donors (Lipinski definition) is 0. The van der Waals surface area contributed by atoms with E-state index in [0.717, 1.165) is 43.6 Å². The lowest BCUT2D eigenvalue weighted by Crippen LogP contribution is -2.34. The molecule has 1 saturated heterocycles. The van der Waals surface area contributed by atoms with Crippen molar-refractivity contribution in [2.24, 2.45) is 7.05 Å². The number of rotatable bonds is 3. The molecule has 0 aliphatic carbocycles. The van der Waals surface area contributed by atoms with E-state index in [1.54, 1.807) is 4.68 Å². The Balaban J connectivity index is 2.12. The summed E-state index contributed by atoms with van der Waals surface area (Å²) in [6, 6.07) is 0. The number of hydrogen-bond acceptors (Lipinski definition) is 2. The van der Waals surface area contributed by atoms with Crippen LogP contribution in [0.15, 0.2) is 6.20 Å². The van der Waals surface area contributed by atoms with Crippen LogP contribution in [0.4, 0.5) is 0 Å². The highest BCUT2D eigenvalue weighted by Crippen LogP contribution is 2.27. The molecule has 1 aliphatic rings. The van der Waals surface area contributed by atoms with Crippen molar-refractivity contribution in [3.8, 4) is 0 Å². The van der Waals surface area contributed by atoms with E-state index in [-0.39, 0.29) is 5.91 Å². The molecule has 19 heavy (non-hydrogen) atoms. The minimum Gasteiger partial charge on any atom is -0.341 e. The van der Waals surface area contributed by atoms with Gasteiger partial charge in [-0.15, -0.1) is 11.6 Å². The Hall–Kier alpha value is -1.03. The molecule has 2 heterocycles. The lowest BCUT2D eigenvalue weighted by Gasteiger charge is -2.23. The molecule has 1 aromatic rings. The Kier molecular flexibility index (Phi) is 4.86. The molecule has 0 radical (unpaired) electrons. The summed E-state index contributed by atoms with van der Waals surface area (Å²) in [7, 11) is 1.86. The van der Waals surface area contributed by atoms with Crippen molar-refractivity contribution in [2.75, 3.05) is 13.1 Å². The van der Waals surface area contributed by atoms with Crippen LogP contribution in [0.25, 0.3) is 0 Å². The summed E-state index contributed by atoms with van der Waals surface area (Å²) in [4.78, 5) is 14.4. The van der Waals surface area contributed by atoms with Crippen molar-refractivity contribution in [1.29, 1.82) is 0 Å². The summed E-state index contributed by atoms with van der Waals surface area (Å²) in [6.07, 6.45) is 7.26. The Morgan fingerprint density at radius 1 is 1.37 bits per heavy atom. The maximum atomic E-state index is 12.5. The highest BCUT2D eigenvalue weighted by molar-refractivity contribution is 6.30. The van der Waals surface area contributed by atoms with Gasteiger partial charge in [0.2, 0.25) is 5.91 Å². The van der Waals surface area contributed by atoms with Crippen LogP contribution in [0.2, 0.25) is 0 Å². The SMILES string of the molecule is CCc1nn(C)cc1C(Cl)C(=O)N1CCCCCC1. The van der Waals surface area contributed by atoms with Gasteiger partial charge in [0.1, 0.15) is 5.38 Å². The van der Waals surface area contributed by atoms with Crippen LogP contribution >= 0.6 is 11.6 Å². The lowest BCUT2D eigenvalue weighted by molar-refractivity contribution is -0.130. The van der Waals surface area contributed by atoms with Gasteiger partial charge in [0.25, 0.3) is 0 Å². The van der Waals surface area contributed by atoms with Crippen molar-refractivity contribution in [3.63, 3.8) is 0 Å². The third-order valence-corrected chi connectivity index (χ3v) is 4.10. The van der Waals surface area contributed by atoms with Crippen LogP contribution < -0.4 is 0 Å². The van der Waals surface area contributed by atoms with Gasteiger partial charge in [-0.05, 0) is 19.3 Å². The fourth-order valence-corrected chi connectivity index (χ4v) is 2.94. The molecule has 1 aliphatic heterocycles. The van der Waals surface area contributed by atoms with Gasteiger partial charge in [-0.2, -0.15) is 5.10 Å². The van der Waals surface area contributed by atoms with Gasteiger partial charge in [0.05, 0.1) is 5.69 Å². The van der Waals surface area contributed by atoms with Crippen LogP contribution in [0.1, 0.15) is 49.2 Å². The van der Waals surface area contributed by atoms with E-state index in [9.17, 15) is 4.79 Å². The molecule has 1 atom stereocenters. The van der Waals surface area contributed by atoms with Gasteiger partial charge in [0, 0.05) is 31.9 Å². The number of amides is 1. The topological polar surface area (TPSA) is 38.1 Å². The van der Waals surface area contributed by atoms with Gasteiger partial charge < -0.3 is 4.90 Å². The average Bonchev–Trinajstić information content (AvgIpc) is 2.63. The second kappa shape index (κ2) is 6.42. The van der Waals surface area contributed by atoms with Crippen LogP contribution in [0.3, 0.4) is 0 Å². The van der Waals surface area contributed by atoms with Gasteiger partial charge in [0.15, 0.2) is 0 Å². The number of aryl methyl sites for hydroxylation is 2. The minimum absolute atomic E-state index is 0.0336. The average molecular weight is 284 g/mol. The monoisotopic (exact) mass is 283 g/mol. The molecular formula is C14H22ClN3O. The predicted molar refractivity (Wildman–Crippen MR) is 76.2 cm³/mol. The third kappa shape index (κ3) is 3.30. The summed E-state index contributed by atoms with van der Waals surface area (Å²) in [5, 5.41) is 3.76. The quantitative estimate of drug-likeness (QED) is 0.800. The standard InChI is InChI=1S/C14H22ClN3O/c1-3-12-11(10-17(2)16-12)13(15)14(19)18-8-6-4-5-7-9-18/h10,13H,3-9H2,1-2H3. The number of carbonyl (C=O) groups is 1. The summed E-state index contributed by atoms with van der Waals surface area (Å²) < 4.78 is 1.74. The summed E-state index contributed by atoms with van der Waals surface area (Å²) in [5.74, 6) is 0.0336. The largest absolute Gasteiger partial charge is 0.341 e.